The van der Waals surface area contributed by atoms with Crippen molar-refractivity contribution in [2.75, 3.05) is 20.1 Å². The summed E-state index contributed by atoms with van der Waals surface area (Å²) < 4.78 is 0. The van der Waals surface area contributed by atoms with Gasteiger partial charge in [-0.05, 0) is 37.9 Å². The van der Waals surface area contributed by atoms with Crippen LogP contribution in [0.2, 0.25) is 0 Å². The van der Waals surface area contributed by atoms with Crippen molar-refractivity contribution in [3.05, 3.63) is 52.0 Å². The van der Waals surface area contributed by atoms with Gasteiger partial charge >= 0.3 is 0 Å². The molecule has 0 bridgehead atoms. The van der Waals surface area contributed by atoms with Crippen LogP contribution in [-0.2, 0) is 0 Å². The lowest BCUT2D eigenvalue weighted by molar-refractivity contribution is 0.0720. The molecule has 2 aromatic rings. The van der Waals surface area contributed by atoms with E-state index < -0.39 is 0 Å². The predicted molar refractivity (Wildman–Crippen MR) is 98.5 cm³/mol. The fourth-order valence-corrected chi connectivity index (χ4v) is 4.34. The number of rotatable bonds is 5. The van der Waals surface area contributed by atoms with Gasteiger partial charge in [-0.1, -0.05) is 37.3 Å². The highest BCUT2D eigenvalue weighted by molar-refractivity contribution is 7.09. The van der Waals surface area contributed by atoms with Crippen molar-refractivity contribution in [1.82, 2.24) is 15.2 Å². The molecule has 0 radical (unpaired) electrons. The standard InChI is InChI=1S/C19H25N3OS/c1-3-17(14-7-5-4-6-8-14)22(2)19(23)16-13-24-18(21-16)15-9-11-20-12-10-15/h4-8,13,15,17,20H,3,9-12H2,1-2H3. The van der Waals surface area contributed by atoms with Gasteiger partial charge in [0, 0.05) is 18.3 Å². The number of amides is 1. The maximum Gasteiger partial charge on any atom is 0.273 e. The summed E-state index contributed by atoms with van der Waals surface area (Å²) in [6.45, 7) is 4.20. The van der Waals surface area contributed by atoms with E-state index in [1.165, 1.54) is 5.56 Å². The first kappa shape index (κ1) is 17.1. The first-order chi connectivity index (χ1) is 11.7. The minimum Gasteiger partial charge on any atom is -0.333 e. The number of hydrogen-bond acceptors (Lipinski definition) is 4. The van der Waals surface area contributed by atoms with Gasteiger partial charge in [-0.25, -0.2) is 4.98 Å². The molecular weight excluding hydrogens is 318 g/mol. The van der Waals surface area contributed by atoms with Crippen molar-refractivity contribution in [3.63, 3.8) is 0 Å². The van der Waals surface area contributed by atoms with E-state index in [-0.39, 0.29) is 11.9 Å². The Morgan fingerprint density at radius 1 is 1.33 bits per heavy atom. The lowest BCUT2D eigenvalue weighted by atomic mass is 9.99. The molecule has 1 atom stereocenters. The van der Waals surface area contributed by atoms with Crippen molar-refractivity contribution >= 4 is 17.2 Å². The molecule has 1 aliphatic rings. The summed E-state index contributed by atoms with van der Waals surface area (Å²) in [4.78, 5) is 19.4. The van der Waals surface area contributed by atoms with Gasteiger partial charge in [0.1, 0.15) is 5.69 Å². The molecule has 1 N–H and O–H groups in total. The number of aromatic nitrogens is 1. The molecule has 1 saturated heterocycles. The Morgan fingerprint density at radius 3 is 2.71 bits per heavy atom. The highest BCUT2D eigenvalue weighted by atomic mass is 32.1. The maximum atomic E-state index is 12.9. The molecule has 1 aromatic heterocycles. The van der Waals surface area contributed by atoms with E-state index in [0.717, 1.165) is 37.4 Å². The van der Waals surface area contributed by atoms with Crippen LogP contribution in [0.1, 0.15) is 59.2 Å². The number of nitrogens with zero attached hydrogens (tertiary/aromatic N) is 2. The number of thiazole rings is 1. The van der Waals surface area contributed by atoms with E-state index in [2.05, 4.69) is 29.4 Å². The van der Waals surface area contributed by atoms with E-state index in [0.29, 0.717) is 11.6 Å². The van der Waals surface area contributed by atoms with Gasteiger partial charge in [-0.3, -0.25) is 4.79 Å². The normalized spacial score (nSPS) is 16.8. The Bertz CT molecular complexity index is 664. The fraction of sp³-hybridized carbons (Fsp3) is 0.474. The summed E-state index contributed by atoms with van der Waals surface area (Å²) in [5.74, 6) is 0.515. The van der Waals surface area contributed by atoms with Gasteiger partial charge in [0.15, 0.2) is 0 Å². The van der Waals surface area contributed by atoms with Crippen LogP contribution in [0.5, 0.6) is 0 Å². The smallest absolute Gasteiger partial charge is 0.273 e. The third-order valence-electron chi connectivity index (χ3n) is 4.79. The van der Waals surface area contributed by atoms with Gasteiger partial charge in [0.05, 0.1) is 11.0 Å². The number of piperidine rings is 1. The summed E-state index contributed by atoms with van der Waals surface area (Å²) in [5.41, 5.74) is 1.76. The predicted octanol–water partition coefficient (Wildman–Crippen LogP) is 3.83. The Kier molecular flexibility index (Phi) is 5.63. The van der Waals surface area contributed by atoms with E-state index in [1.807, 2.05) is 35.5 Å². The molecule has 2 heterocycles. The topological polar surface area (TPSA) is 45.2 Å². The molecule has 1 unspecified atom stereocenters. The van der Waals surface area contributed by atoms with Crippen LogP contribution in [-0.4, -0.2) is 35.9 Å². The zero-order chi connectivity index (χ0) is 16.9. The Balaban J connectivity index is 1.74. The third kappa shape index (κ3) is 3.68. The quantitative estimate of drug-likeness (QED) is 0.897. The number of carbonyl (C=O) groups excluding carboxylic acids is 1. The minimum atomic E-state index is 0.0159. The lowest BCUT2D eigenvalue weighted by Crippen LogP contribution is -2.31. The zero-order valence-electron chi connectivity index (χ0n) is 14.4. The SMILES string of the molecule is CCC(c1ccccc1)N(C)C(=O)c1csc(C2CCNCC2)n1. The molecule has 1 aromatic carbocycles. The van der Waals surface area contributed by atoms with Crippen molar-refractivity contribution in [2.45, 2.75) is 38.1 Å². The largest absolute Gasteiger partial charge is 0.333 e. The Hall–Kier alpha value is -1.72. The van der Waals surface area contributed by atoms with E-state index >= 15 is 0 Å². The highest BCUT2D eigenvalue weighted by Gasteiger charge is 2.25. The van der Waals surface area contributed by atoms with Crippen LogP contribution in [0, 0.1) is 0 Å². The van der Waals surface area contributed by atoms with Crippen molar-refractivity contribution < 1.29 is 4.79 Å². The molecule has 1 fully saturated rings. The van der Waals surface area contributed by atoms with E-state index in [9.17, 15) is 4.79 Å². The number of carbonyl (C=O) groups is 1. The van der Waals surface area contributed by atoms with Crippen molar-refractivity contribution in [2.24, 2.45) is 0 Å². The fourth-order valence-electron chi connectivity index (χ4n) is 3.37. The van der Waals surface area contributed by atoms with Crippen LogP contribution in [0.3, 0.4) is 0 Å². The van der Waals surface area contributed by atoms with Gasteiger partial charge in [0.25, 0.3) is 5.91 Å². The third-order valence-corrected chi connectivity index (χ3v) is 5.80. The molecule has 0 spiro atoms. The second kappa shape index (κ2) is 7.90. The summed E-state index contributed by atoms with van der Waals surface area (Å²) in [6, 6.07) is 10.3. The van der Waals surface area contributed by atoms with Crippen LogP contribution < -0.4 is 5.32 Å². The first-order valence-corrected chi connectivity index (χ1v) is 9.57. The first-order valence-electron chi connectivity index (χ1n) is 8.69. The molecule has 128 valence electrons. The molecule has 3 rings (SSSR count). The lowest BCUT2D eigenvalue weighted by Gasteiger charge is -2.27. The van der Waals surface area contributed by atoms with Crippen LogP contribution in [0.4, 0.5) is 0 Å². The Morgan fingerprint density at radius 2 is 2.04 bits per heavy atom. The second-order valence-corrected chi connectivity index (χ2v) is 7.24. The van der Waals surface area contributed by atoms with Gasteiger partial charge in [-0.15, -0.1) is 11.3 Å². The number of benzene rings is 1. The van der Waals surface area contributed by atoms with Crippen molar-refractivity contribution in [3.8, 4) is 0 Å². The molecule has 0 aliphatic carbocycles. The number of nitrogens with one attached hydrogen (secondary N) is 1. The summed E-state index contributed by atoms with van der Waals surface area (Å²) in [6.07, 6.45) is 3.11. The second-order valence-electron chi connectivity index (χ2n) is 6.35. The van der Waals surface area contributed by atoms with Gasteiger partial charge < -0.3 is 10.2 Å². The average Bonchev–Trinajstić information content (AvgIpc) is 3.13. The van der Waals surface area contributed by atoms with E-state index in [1.54, 1.807) is 11.3 Å². The molecule has 1 aliphatic heterocycles. The zero-order valence-corrected chi connectivity index (χ0v) is 15.2. The highest BCUT2D eigenvalue weighted by Crippen LogP contribution is 2.29. The van der Waals surface area contributed by atoms with Gasteiger partial charge in [0.2, 0.25) is 0 Å². The van der Waals surface area contributed by atoms with Crippen LogP contribution >= 0.6 is 11.3 Å². The summed E-state index contributed by atoms with van der Waals surface area (Å²) in [5, 5.41) is 6.41. The van der Waals surface area contributed by atoms with E-state index in [4.69, 9.17) is 0 Å². The molecule has 4 nitrogen and oxygen atoms in total. The minimum absolute atomic E-state index is 0.0159. The molecule has 0 saturated carbocycles. The van der Waals surface area contributed by atoms with Crippen molar-refractivity contribution in [1.29, 1.82) is 0 Å². The average molecular weight is 343 g/mol. The monoisotopic (exact) mass is 343 g/mol. The maximum absolute atomic E-state index is 12.9. The van der Waals surface area contributed by atoms with Crippen LogP contribution in [0.15, 0.2) is 35.7 Å². The van der Waals surface area contributed by atoms with Gasteiger partial charge in [-0.2, -0.15) is 0 Å². The Labute approximate surface area is 147 Å². The summed E-state index contributed by atoms with van der Waals surface area (Å²) >= 11 is 1.63. The summed E-state index contributed by atoms with van der Waals surface area (Å²) in [7, 11) is 1.88. The number of hydrogen-bond donors (Lipinski definition) is 1. The van der Waals surface area contributed by atoms with Crippen LogP contribution in [0.25, 0.3) is 0 Å². The molecular formula is C19H25N3OS. The molecule has 24 heavy (non-hydrogen) atoms. The molecule has 1 amide bonds. The molecule has 5 heteroatoms.